The molecule has 1 aliphatic rings. The third-order valence-corrected chi connectivity index (χ3v) is 4.73. The van der Waals surface area contributed by atoms with E-state index in [2.05, 4.69) is 15.5 Å². The van der Waals surface area contributed by atoms with Gasteiger partial charge in [0.25, 0.3) is 5.91 Å². The Balaban J connectivity index is 1.27. The normalized spacial score (nSPS) is 19.6. The van der Waals surface area contributed by atoms with Crippen LogP contribution < -0.4 is 10.1 Å². The Kier molecular flexibility index (Phi) is 5.11. The van der Waals surface area contributed by atoms with Crippen LogP contribution in [0.1, 0.15) is 36.2 Å². The number of amides is 1. The molecular weight excluding hydrogens is 370 g/mol. The molecule has 1 saturated carbocycles. The van der Waals surface area contributed by atoms with Gasteiger partial charge in [0.15, 0.2) is 11.5 Å². The van der Waals surface area contributed by atoms with Crippen LogP contribution in [-0.2, 0) is 0 Å². The highest BCUT2D eigenvalue weighted by Gasteiger charge is 2.25. The van der Waals surface area contributed by atoms with Gasteiger partial charge in [0.1, 0.15) is 6.10 Å². The highest BCUT2D eigenvalue weighted by molar-refractivity contribution is 6.30. The van der Waals surface area contributed by atoms with Crippen LogP contribution in [0.15, 0.2) is 51.7 Å². The number of nitrogens with zero attached hydrogens (tertiary/aromatic N) is 2. The van der Waals surface area contributed by atoms with E-state index in [1.807, 2.05) is 0 Å². The van der Waals surface area contributed by atoms with Crippen molar-refractivity contribution in [1.82, 2.24) is 15.5 Å². The quantitative estimate of drug-likeness (QED) is 0.708. The minimum absolute atomic E-state index is 0.0827. The van der Waals surface area contributed by atoms with Gasteiger partial charge in [0.2, 0.25) is 11.6 Å². The lowest BCUT2D eigenvalue weighted by Gasteiger charge is -2.28. The van der Waals surface area contributed by atoms with Crippen molar-refractivity contribution in [2.24, 2.45) is 0 Å². The molecule has 1 aliphatic carbocycles. The van der Waals surface area contributed by atoms with Crippen molar-refractivity contribution in [1.29, 1.82) is 0 Å². The predicted octanol–water partition coefficient (Wildman–Crippen LogP) is 4.10. The third-order valence-electron chi connectivity index (χ3n) is 4.50. The van der Waals surface area contributed by atoms with Gasteiger partial charge in [-0.05, 0) is 43.9 Å². The van der Waals surface area contributed by atoms with E-state index in [4.69, 9.17) is 25.3 Å². The summed E-state index contributed by atoms with van der Waals surface area (Å²) < 4.78 is 16.3. The highest BCUT2D eigenvalue weighted by Crippen LogP contribution is 2.24. The first-order valence-corrected chi connectivity index (χ1v) is 9.15. The molecule has 1 fully saturated rings. The number of carbonyl (C=O) groups is 1. The van der Waals surface area contributed by atoms with Gasteiger partial charge in [0, 0.05) is 24.4 Å². The number of pyridine rings is 1. The van der Waals surface area contributed by atoms with Gasteiger partial charge in [0.05, 0.1) is 11.3 Å². The highest BCUT2D eigenvalue weighted by atomic mass is 35.5. The van der Waals surface area contributed by atoms with Crippen molar-refractivity contribution in [3.63, 3.8) is 0 Å². The Labute approximate surface area is 160 Å². The van der Waals surface area contributed by atoms with Crippen LogP contribution in [0, 0.1) is 0 Å². The summed E-state index contributed by atoms with van der Waals surface area (Å²) in [5.74, 6) is 1.29. The fourth-order valence-corrected chi connectivity index (χ4v) is 3.22. The monoisotopic (exact) mass is 387 g/mol. The molecule has 27 heavy (non-hydrogen) atoms. The first kappa shape index (κ1) is 17.6. The molecule has 0 spiro atoms. The van der Waals surface area contributed by atoms with Crippen LogP contribution in [0.5, 0.6) is 5.88 Å². The van der Waals surface area contributed by atoms with Crippen LogP contribution in [0.2, 0.25) is 5.02 Å². The van der Waals surface area contributed by atoms with Crippen LogP contribution in [0.4, 0.5) is 0 Å². The van der Waals surface area contributed by atoms with Gasteiger partial charge in [-0.25, -0.2) is 4.98 Å². The van der Waals surface area contributed by atoms with E-state index >= 15 is 0 Å². The fraction of sp³-hybridized carbons (Fsp3) is 0.316. The molecule has 4 rings (SSSR count). The number of hydrogen-bond acceptors (Lipinski definition) is 6. The van der Waals surface area contributed by atoms with E-state index in [1.54, 1.807) is 36.5 Å². The first-order chi connectivity index (χ1) is 13.2. The van der Waals surface area contributed by atoms with E-state index in [9.17, 15) is 4.79 Å². The van der Waals surface area contributed by atoms with Crippen molar-refractivity contribution in [2.45, 2.75) is 37.8 Å². The fourth-order valence-electron chi connectivity index (χ4n) is 3.10. The largest absolute Gasteiger partial charge is 0.474 e. The van der Waals surface area contributed by atoms with Crippen molar-refractivity contribution in [2.75, 3.05) is 0 Å². The van der Waals surface area contributed by atoms with E-state index in [0.29, 0.717) is 22.4 Å². The number of rotatable bonds is 5. The molecular formula is C19H18ClN3O4. The first-order valence-electron chi connectivity index (χ1n) is 8.77. The number of halogens is 1. The number of furan rings is 1. The number of carbonyl (C=O) groups excluding carboxylic acids is 1. The van der Waals surface area contributed by atoms with Crippen LogP contribution in [0.25, 0.3) is 11.5 Å². The maximum Gasteiger partial charge on any atom is 0.273 e. The van der Waals surface area contributed by atoms with Crippen molar-refractivity contribution < 1.29 is 18.5 Å². The predicted molar refractivity (Wildman–Crippen MR) is 97.6 cm³/mol. The summed E-state index contributed by atoms with van der Waals surface area (Å²) in [5.41, 5.74) is 0.241. The zero-order chi connectivity index (χ0) is 18.6. The molecule has 1 amide bonds. The van der Waals surface area contributed by atoms with Gasteiger partial charge in [-0.15, -0.1) is 0 Å². The number of hydrogen-bond donors (Lipinski definition) is 1. The summed E-state index contributed by atoms with van der Waals surface area (Å²) in [6.45, 7) is 0. The molecule has 1 N–H and O–H groups in total. The van der Waals surface area contributed by atoms with Crippen LogP contribution >= 0.6 is 11.6 Å². The Morgan fingerprint density at radius 2 is 2.04 bits per heavy atom. The number of nitrogens with one attached hydrogen (secondary N) is 1. The zero-order valence-corrected chi connectivity index (χ0v) is 15.2. The Bertz CT molecular complexity index is 884. The Hall–Kier alpha value is -2.80. The molecule has 0 atom stereocenters. The maximum absolute atomic E-state index is 12.4. The second kappa shape index (κ2) is 7.84. The van der Waals surface area contributed by atoms with Crippen molar-refractivity contribution in [3.8, 4) is 17.4 Å². The second-order valence-electron chi connectivity index (χ2n) is 6.43. The summed E-state index contributed by atoms with van der Waals surface area (Å²) in [6, 6.07) is 8.67. The molecule has 3 aromatic heterocycles. The van der Waals surface area contributed by atoms with Gasteiger partial charge in [-0.3, -0.25) is 4.79 Å². The standard InChI is InChI=1S/C19H18ClN3O4/c20-12-3-8-18(21-11-12)26-14-6-4-13(5-7-14)22-19(24)15-10-17(27-23-15)16-2-1-9-25-16/h1-3,8-11,13-14H,4-7H2,(H,22,24). The van der Waals surface area contributed by atoms with Crippen LogP contribution in [0.3, 0.4) is 0 Å². The van der Waals surface area contributed by atoms with E-state index in [-0.39, 0.29) is 23.7 Å². The minimum atomic E-state index is -0.250. The molecule has 3 aromatic rings. The summed E-state index contributed by atoms with van der Waals surface area (Å²) in [6.07, 6.45) is 6.52. The number of aromatic nitrogens is 2. The van der Waals surface area contributed by atoms with E-state index < -0.39 is 0 Å². The molecule has 0 radical (unpaired) electrons. The molecule has 3 heterocycles. The average Bonchev–Trinajstić information content (AvgIpc) is 3.36. The van der Waals surface area contributed by atoms with Gasteiger partial charge < -0.3 is 19.0 Å². The van der Waals surface area contributed by atoms with Crippen molar-refractivity contribution in [3.05, 3.63) is 53.5 Å². The second-order valence-corrected chi connectivity index (χ2v) is 6.87. The summed E-state index contributed by atoms with van der Waals surface area (Å²) >= 11 is 5.83. The van der Waals surface area contributed by atoms with Gasteiger partial charge >= 0.3 is 0 Å². The van der Waals surface area contributed by atoms with E-state index in [1.165, 1.54) is 6.26 Å². The van der Waals surface area contributed by atoms with Crippen LogP contribution in [-0.4, -0.2) is 28.2 Å². The smallest absolute Gasteiger partial charge is 0.273 e. The molecule has 0 bridgehead atoms. The van der Waals surface area contributed by atoms with E-state index in [0.717, 1.165) is 25.7 Å². The lowest BCUT2D eigenvalue weighted by atomic mass is 9.93. The SMILES string of the molecule is O=C(NC1CCC(Oc2ccc(Cl)cn2)CC1)c1cc(-c2ccco2)on1. The molecule has 8 heteroatoms. The number of ether oxygens (including phenoxy) is 1. The summed E-state index contributed by atoms with van der Waals surface area (Å²) in [7, 11) is 0. The lowest BCUT2D eigenvalue weighted by molar-refractivity contribution is 0.0881. The molecule has 0 saturated heterocycles. The van der Waals surface area contributed by atoms with Gasteiger partial charge in [-0.2, -0.15) is 0 Å². The maximum atomic E-state index is 12.4. The third kappa shape index (κ3) is 4.31. The summed E-state index contributed by atoms with van der Waals surface area (Å²) in [5, 5.41) is 7.41. The Morgan fingerprint density at radius 1 is 1.19 bits per heavy atom. The molecule has 7 nitrogen and oxygen atoms in total. The molecule has 140 valence electrons. The molecule has 0 aliphatic heterocycles. The molecule has 0 aromatic carbocycles. The average molecular weight is 388 g/mol. The summed E-state index contributed by atoms with van der Waals surface area (Å²) in [4.78, 5) is 16.5. The van der Waals surface area contributed by atoms with Gasteiger partial charge in [-0.1, -0.05) is 16.8 Å². The molecule has 0 unspecified atom stereocenters. The zero-order valence-electron chi connectivity index (χ0n) is 14.4. The van der Waals surface area contributed by atoms with Crippen molar-refractivity contribution >= 4 is 17.5 Å². The lowest BCUT2D eigenvalue weighted by Crippen LogP contribution is -2.39. The minimum Gasteiger partial charge on any atom is -0.474 e. The Morgan fingerprint density at radius 3 is 2.74 bits per heavy atom. The topological polar surface area (TPSA) is 90.4 Å².